The molecule has 0 spiro atoms. The van der Waals surface area contributed by atoms with Crippen LogP contribution < -0.4 is 10.6 Å². The third kappa shape index (κ3) is 5.32. The van der Waals surface area contributed by atoms with Crippen LogP contribution in [0.3, 0.4) is 0 Å². The van der Waals surface area contributed by atoms with Crippen LogP contribution in [0.4, 0.5) is 4.79 Å². The maximum Gasteiger partial charge on any atom is 0.407 e. The fraction of sp³-hybridized carbons (Fsp3) is 0.444. The molecule has 0 saturated heterocycles. The van der Waals surface area contributed by atoms with Crippen LogP contribution in [0.1, 0.15) is 43.2 Å². The molecule has 186 valence electrons. The van der Waals surface area contributed by atoms with Crippen molar-refractivity contribution in [1.82, 2.24) is 10.6 Å². The van der Waals surface area contributed by atoms with Crippen molar-refractivity contribution >= 4 is 18.0 Å². The van der Waals surface area contributed by atoms with Gasteiger partial charge >= 0.3 is 12.1 Å². The Balaban J connectivity index is 1.37. The molecule has 0 radical (unpaired) electrons. The van der Waals surface area contributed by atoms with Crippen molar-refractivity contribution in [3.8, 4) is 11.1 Å². The van der Waals surface area contributed by atoms with Crippen molar-refractivity contribution in [3.63, 3.8) is 0 Å². The Bertz CT molecular complexity index is 1040. The second-order valence-corrected chi connectivity index (χ2v) is 9.27. The first-order valence-corrected chi connectivity index (χ1v) is 12.1. The number of amides is 2. The van der Waals surface area contributed by atoms with Crippen LogP contribution in [0.25, 0.3) is 11.1 Å². The Labute approximate surface area is 205 Å². The van der Waals surface area contributed by atoms with E-state index < -0.39 is 36.0 Å². The Morgan fingerprint density at radius 1 is 1.03 bits per heavy atom. The van der Waals surface area contributed by atoms with Gasteiger partial charge in [0.15, 0.2) is 0 Å². The molecule has 3 N–H and O–H groups in total. The van der Waals surface area contributed by atoms with Gasteiger partial charge in [0.2, 0.25) is 5.91 Å². The zero-order valence-corrected chi connectivity index (χ0v) is 20.0. The van der Waals surface area contributed by atoms with Crippen molar-refractivity contribution in [2.24, 2.45) is 11.8 Å². The van der Waals surface area contributed by atoms with E-state index in [0.29, 0.717) is 6.42 Å². The predicted molar refractivity (Wildman–Crippen MR) is 130 cm³/mol. The number of aliphatic carboxylic acids is 1. The maximum absolute atomic E-state index is 12.9. The van der Waals surface area contributed by atoms with E-state index in [0.717, 1.165) is 35.1 Å². The summed E-state index contributed by atoms with van der Waals surface area (Å²) in [7, 11) is 1.46. The Morgan fingerprint density at radius 3 is 2.26 bits per heavy atom. The minimum Gasteiger partial charge on any atom is -0.481 e. The van der Waals surface area contributed by atoms with E-state index in [4.69, 9.17) is 9.47 Å². The molecule has 2 aromatic carbocycles. The fourth-order valence-corrected chi connectivity index (χ4v) is 5.25. The SMILES string of the molecule is COC(C)C(NC(=O)OCC1c2ccccc2-c2ccccc21)C(=O)NC[C@H]1CCC[C@H]1C(=O)O. The average Bonchev–Trinajstić information content (AvgIpc) is 3.47. The topological polar surface area (TPSA) is 114 Å². The van der Waals surface area contributed by atoms with Crippen LogP contribution in [-0.2, 0) is 19.1 Å². The van der Waals surface area contributed by atoms with Crippen molar-refractivity contribution in [2.75, 3.05) is 20.3 Å². The molecule has 0 aromatic heterocycles. The summed E-state index contributed by atoms with van der Waals surface area (Å²) in [4.78, 5) is 37.0. The summed E-state index contributed by atoms with van der Waals surface area (Å²) in [6, 6.07) is 15.2. The minimum absolute atomic E-state index is 0.0874. The van der Waals surface area contributed by atoms with E-state index in [1.807, 2.05) is 36.4 Å². The number of hydrogen-bond donors (Lipinski definition) is 3. The highest BCUT2D eigenvalue weighted by molar-refractivity contribution is 5.86. The molecule has 1 saturated carbocycles. The number of methoxy groups -OCH3 is 1. The zero-order valence-electron chi connectivity index (χ0n) is 20.0. The Kier molecular flexibility index (Phi) is 7.70. The number of fused-ring (bicyclic) bond motifs is 3. The lowest BCUT2D eigenvalue weighted by Gasteiger charge is -2.25. The van der Waals surface area contributed by atoms with Gasteiger partial charge in [-0.25, -0.2) is 4.79 Å². The van der Waals surface area contributed by atoms with E-state index in [2.05, 4.69) is 22.8 Å². The summed E-state index contributed by atoms with van der Waals surface area (Å²) in [5.41, 5.74) is 4.47. The molecule has 1 fully saturated rings. The van der Waals surface area contributed by atoms with Crippen LogP contribution >= 0.6 is 0 Å². The smallest absolute Gasteiger partial charge is 0.407 e. The van der Waals surface area contributed by atoms with Crippen molar-refractivity contribution in [1.29, 1.82) is 0 Å². The number of carbonyl (C=O) groups excluding carboxylic acids is 2. The molecule has 0 bridgehead atoms. The summed E-state index contributed by atoms with van der Waals surface area (Å²) in [6.07, 6.45) is 0.885. The molecular weight excluding hydrogens is 448 g/mol. The second-order valence-electron chi connectivity index (χ2n) is 9.27. The molecule has 0 heterocycles. The molecule has 2 amide bonds. The quantitative estimate of drug-likeness (QED) is 0.506. The predicted octanol–water partition coefficient (Wildman–Crippen LogP) is 3.55. The fourth-order valence-electron chi connectivity index (χ4n) is 5.25. The molecule has 35 heavy (non-hydrogen) atoms. The van der Waals surface area contributed by atoms with E-state index in [-0.39, 0.29) is 25.0 Å². The molecule has 2 aliphatic rings. The average molecular weight is 481 g/mol. The van der Waals surface area contributed by atoms with Crippen LogP contribution in [-0.4, -0.2) is 55.5 Å². The van der Waals surface area contributed by atoms with Gasteiger partial charge in [-0.3, -0.25) is 9.59 Å². The number of benzene rings is 2. The van der Waals surface area contributed by atoms with Gasteiger partial charge in [0.05, 0.1) is 12.0 Å². The summed E-state index contributed by atoms with van der Waals surface area (Å²) < 4.78 is 10.9. The van der Waals surface area contributed by atoms with Gasteiger partial charge in [-0.2, -0.15) is 0 Å². The summed E-state index contributed by atoms with van der Waals surface area (Å²) in [6.45, 7) is 2.07. The van der Waals surface area contributed by atoms with Gasteiger partial charge in [-0.15, -0.1) is 0 Å². The van der Waals surface area contributed by atoms with E-state index in [1.54, 1.807) is 6.92 Å². The number of ether oxygens (including phenoxy) is 2. The molecule has 4 rings (SSSR count). The van der Waals surface area contributed by atoms with Crippen LogP contribution in [0, 0.1) is 11.8 Å². The van der Waals surface area contributed by atoms with E-state index >= 15 is 0 Å². The van der Waals surface area contributed by atoms with E-state index in [1.165, 1.54) is 7.11 Å². The lowest BCUT2D eigenvalue weighted by molar-refractivity contribution is -0.143. The molecule has 2 unspecified atom stereocenters. The standard InChI is InChI=1S/C27H32N2O6/c1-16(34-2)24(25(30)28-14-17-8-7-13-18(17)26(31)32)29-27(33)35-15-23-21-11-5-3-9-19(21)20-10-4-6-12-22(20)23/h3-6,9-12,16-18,23-24H,7-8,13-15H2,1-2H3,(H,28,30)(H,29,33)(H,31,32)/t16?,17-,18-,24?/m1/s1. The van der Waals surface area contributed by atoms with Gasteiger partial charge in [0.1, 0.15) is 12.6 Å². The van der Waals surface area contributed by atoms with Crippen LogP contribution in [0.5, 0.6) is 0 Å². The van der Waals surface area contributed by atoms with Gasteiger partial charge in [0, 0.05) is 19.6 Å². The Morgan fingerprint density at radius 2 is 1.66 bits per heavy atom. The van der Waals surface area contributed by atoms with Crippen LogP contribution in [0.2, 0.25) is 0 Å². The zero-order chi connectivity index (χ0) is 24.9. The number of rotatable bonds is 9. The van der Waals surface area contributed by atoms with Crippen molar-refractivity contribution in [2.45, 2.75) is 44.2 Å². The first kappa shape index (κ1) is 24.7. The first-order chi connectivity index (χ1) is 16.9. The van der Waals surface area contributed by atoms with Gasteiger partial charge in [-0.05, 0) is 47.9 Å². The highest BCUT2D eigenvalue weighted by atomic mass is 16.5. The highest BCUT2D eigenvalue weighted by Gasteiger charge is 2.35. The molecular formula is C27H32N2O6. The number of carboxylic acid groups (broad SMARTS) is 1. The van der Waals surface area contributed by atoms with Gasteiger partial charge < -0.3 is 25.2 Å². The normalized spacial score (nSPS) is 20.4. The molecule has 2 aliphatic carbocycles. The molecule has 8 nitrogen and oxygen atoms in total. The van der Waals surface area contributed by atoms with E-state index in [9.17, 15) is 19.5 Å². The molecule has 8 heteroatoms. The molecule has 0 aliphatic heterocycles. The summed E-state index contributed by atoms with van der Waals surface area (Å²) in [5, 5.41) is 14.8. The van der Waals surface area contributed by atoms with Crippen molar-refractivity contribution < 1.29 is 29.0 Å². The maximum atomic E-state index is 12.9. The molecule has 2 aromatic rings. The Hall–Kier alpha value is -3.39. The number of hydrogen-bond acceptors (Lipinski definition) is 5. The third-order valence-electron chi connectivity index (χ3n) is 7.26. The number of nitrogens with one attached hydrogen (secondary N) is 2. The second kappa shape index (κ2) is 10.9. The number of carboxylic acids is 1. The van der Waals surface area contributed by atoms with Crippen LogP contribution in [0.15, 0.2) is 48.5 Å². The lowest BCUT2D eigenvalue weighted by Crippen LogP contribution is -2.54. The van der Waals surface area contributed by atoms with Gasteiger partial charge in [0.25, 0.3) is 0 Å². The largest absolute Gasteiger partial charge is 0.481 e. The highest BCUT2D eigenvalue weighted by Crippen LogP contribution is 2.44. The van der Waals surface area contributed by atoms with Gasteiger partial charge in [-0.1, -0.05) is 55.0 Å². The molecule has 4 atom stereocenters. The summed E-state index contributed by atoms with van der Waals surface area (Å²) in [5.74, 6) is -1.92. The first-order valence-electron chi connectivity index (χ1n) is 12.1. The van der Waals surface area contributed by atoms with Crippen molar-refractivity contribution in [3.05, 3.63) is 59.7 Å². The monoisotopic (exact) mass is 480 g/mol. The minimum atomic E-state index is -0.972. The third-order valence-corrected chi connectivity index (χ3v) is 7.26. The number of carbonyl (C=O) groups is 3. The number of alkyl carbamates (subject to hydrolysis) is 1. The lowest BCUT2D eigenvalue weighted by atomic mass is 9.96. The summed E-state index contributed by atoms with van der Waals surface area (Å²) >= 11 is 0.